The van der Waals surface area contributed by atoms with Gasteiger partial charge in [0.15, 0.2) is 5.78 Å². The van der Waals surface area contributed by atoms with E-state index in [0.29, 0.717) is 5.57 Å². The van der Waals surface area contributed by atoms with Crippen LogP contribution >= 0.6 is 0 Å². The Morgan fingerprint density at radius 1 is 1.47 bits per heavy atom. The Morgan fingerprint density at radius 3 is 2.89 bits per heavy atom. The van der Waals surface area contributed by atoms with Crippen molar-refractivity contribution in [2.24, 2.45) is 17.3 Å². The Morgan fingerprint density at radius 2 is 2.21 bits per heavy atom. The second-order valence-electron chi connectivity index (χ2n) is 6.40. The van der Waals surface area contributed by atoms with E-state index in [-0.39, 0.29) is 29.6 Å². The normalized spacial score (nSPS) is 41.7. The molecule has 3 atom stereocenters. The third kappa shape index (κ3) is 1.67. The van der Waals surface area contributed by atoms with Crippen LogP contribution in [-0.4, -0.2) is 23.3 Å². The smallest absolute Gasteiger partial charge is 0.226 e. The van der Waals surface area contributed by atoms with Crippen LogP contribution in [0.3, 0.4) is 0 Å². The molecule has 104 valence electrons. The van der Waals surface area contributed by atoms with Crippen LogP contribution in [-0.2, 0) is 14.6 Å². The molecule has 0 unspecified atom stereocenters. The first kappa shape index (κ1) is 13.0. The van der Waals surface area contributed by atoms with Crippen molar-refractivity contribution in [2.75, 3.05) is 6.61 Å². The molecule has 19 heavy (non-hydrogen) atoms. The van der Waals surface area contributed by atoms with Crippen molar-refractivity contribution in [1.29, 1.82) is 0 Å². The van der Waals surface area contributed by atoms with Crippen LogP contribution in [0.4, 0.5) is 0 Å². The monoisotopic (exact) mass is 264 g/mol. The lowest BCUT2D eigenvalue weighted by molar-refractivity contribution is -0.434. The van der Waals surface area contributed by atoms with Crippen LogP contribution in [0.25, 0.3) is 0 Å². The number of aliphatic hydroxyl groups is 1. The molecule has 0 spiro atoms. The molecule has 0 amide bonds. The van der Waals surface area contributed by atoms with Crippen molar-refractivity contribution < 1.29 is 19.7 Å². The molecule has 2 aliphatic carbocycles. The summed E-state index contributed by atoms with van der Waals surface area (Å²) in [6.07, 6.45) is 5.28. The number of hydrogen-bond donors (Lipinski definition) is 1. The maximum absolute atomic E-state index is 12.0. The molecule has 0 radical (unpaired) electrons. The minimum Gasteiger partial charge on any atom is -0.360 e. The van der Waals surface area contributed by atoms with E-state index in [9.17, 15) is 9.90 Å². The fourth-order valence-corrected chi connectivity index (χ4v) is 3.79. The van der Waals surface area contributed by atoms with E-state index in [4.69, 9.17) is 9.78 Å². The lowest BCUT2D eigenvalue weighted by atomic mass is 9.59. The molecule has 0 aromatic heterocycles. The summed E-state index contributed by atoms with van der Waals surface area (Å²) in [6.45, 7) is 6.30. The lowest BCUT2D eigenvalue weighted by Crippen LogP contribution is -2.56. The number of carbonyl (C=O) groups excluding carboxylic acids is 1. The van der Waals surface area contributed by atoms with Crippen LogP contribution in [0.1, 0.15) is 33.6 Å². The molecule has 1 aliphatic heterocycles. The Labute approximate surface area is 113 Å². The SMILES string of the molecule is CC(C)[C@H]1CC[C@]2(C)C=CC(=O)C3=C2[C@@]1(O)OOC3. The average molecular weight is 264 g/mol. The lowest BCUT2D eigenvalue weighted by Gasteiger charge is -2.52. The van der Waals surface area contributed by atoms with Crippen LogP contribution in [0.15, 0.2) is 23.3 Å². The molecule has 0 aromatic rings. The minimum absolute atomic E-state index is 0.0508. The van der Waals surface area contributed by atoms with Gasteiger partial charge in [0, 0.05) is 22.5 Å². The predicted molar refractivity (Wildman–Crippen MR) is 68.8 cm³/mol. The van der Waals surface area contributed by atoms with Gasteiger partial charge in [-0.05, 0) is 24.8 Å². The Kier molecular flexibility index (Phi) is 2.75. The van der Waals surface area contributed by atoms with Crippen molar-refractivity contribution in [3.8, 4) is 0 Å². The second kappa shape index (κ2) is 4.01. The van der Waals surface area contributed by atoms with Gasteiger partial charge in [-0.3, -0.25) is 4.79 Å². The summed E-state index contributed by atoms with van der Waals surface area (Å²) in [7, 11) is 0. The van der Waals surface area contributed by atoms with E-state index in [1.807, 2.05) is 6.08 Å². The van der Waals surface area contributed by atoms with Crippen LogP contribution in [0, 0.1) is 17.3 Å². The topological polar surface area (TPSA) is 55.8 Å². The molecule has 0 bridgehead atoms. The molecular weight excluding hydrogens is 244 g/mol. The van der Waals surface area contributed by atoms with Gasteiger partial charge in [-0.1, -0.05) is 26.8 Å². The highest BCUT2D eigenvalue weighted by atomic mass is 17.2. The molecule has 0 saturated heterocycles. The first-order valence-corrected chi connectivity index (χ1v) is 6.89. The standard InChI is InChI=1S/C15H20O4/c1-9(2)11-4-6-14(3)7-5-12(16)10-8-18-19-15(11,17)13(10)14/h5,7,9,11,17H,4,6,8H2,1-3H3/t11-,14-,15+/m1/s1. The number of allylic oxidation sites excluding steroid dienone is 2. The van der Waals surface area contributed by atoms with Gasteiger partial charge in [0.1, 0.15) is 6.61 Å². The summed E-state index contributed by atoms with van der Waals surface area (Å²) in [4.78, 5) is 22.4. The number of carbonyl (C=O) groups is 1. The van der Waals surface area contributed by atoms with Gasteiger partial charge in [-0.15, -0.1) is 0 Å². The maximum Gasteiger partial charge on any atom is 0.226 e. The van der Waals surface area contributed by atoms with Crippen LogP contribution in [0.5, 0.6) is 0 Å². The highest BCUT2D eigenvalue weighted by Gasteiger charge is 2.58. The zero-order valence-electron chi connectivity index (χ0n) is 11.6. The van der Waals surface area contributed by atoms with Gasteiger partial charge < -0.3 is 5.11 Å². The number of ketones is 1. The fraction of sp³-hybridized carbons (Fsp3) is 0.667. The number of hydrogen-bond acceptors (Lipinski definition) is 4. The average Bonchev–Trinajstić information content (AvgIpc) is 2.33. The van der Waals surface area contributed by atoms with E-state index in [1.54, 1.807) is 6.08 Å². The van der Waals surface area contributed by atoms with Crippen molar-refractivity contribution in [3.05, 3.63) is 23.3 Å². The molecule has 0 aromatic carbocycles. The first-order chi connectivity index (χ1) is 8.88. The third-order valence-electron chi connectivity index (χ3n) is 4.80. The summed E-state index contributed by atoms with van der Waals surface area (Å²) in [5.74, 6) is -1.33. The molecule has 3 rings (SSSR count). The van der Waals surface area contributed by atoms with Crippen molar-refractivity contribution >= 4 is 5.78 Å². The summed E-state index contributed by atoms with van der Waals surface area (Å²) < 4.78 is 0. The fourth-order valence-electron chi connectivity index (χ4n) is 3.79. The third-order valence-corrected chi connectivity index (χ3v) is 4.80. The highest BCUT2D eigenvalue weighted by Crippen LogP contribution is 2.56. The maximum atomic E-state index is 12.0. The molecule has 4 heteroatoms. The van der Waals surface area contributed by atoms with E-state index >= 15 is 0 Å². The first-order valence-electron chi connectivity index (χ1n) is 6.89. The molecule has 1 heterocycles. The Hall–Kier alpha value is -0.970. The molecule has 3 aliphatic rings. The van der Waals surface area contributed by atoms with Crippen LogP contribution in [0.2, 0.25) is 0 Å². The summed E-state index contributed by atoms with van der Waals surface area (Å²) in [6, 6.07) is 0. The van der Waals surface area contributed by atoms with Crippen molar-refractivity contribution in [2.45, 2.75) is 39.4 Å². The Balaban J connectivity index is 2.18. The summed E-state index contributed by atoms with van der Waals surface area (Å²) in [5, 5.41) is 11.0. The van der Waals surface area contributed by atoms with E-state index in [1.165, 1.54) is 0 Å². The molecule has 1 fully saturated rings. The van der Waals surface area contributed by atoms with Gasteiger partial charge in [0.05, 0.1) is 0 Å². The van der Waals surface area contributed by atoms with Crippen molar-refractivity contribution in [3.63, 3.8) is 0 Å². The van der Waals surface area contributed by atoms with E-state index in [0.717, 1.165) is 18.4 Å². The molecule has 4 nitrogen and oxygen atoms in total. The molecule has 1 saturated carbocycles. The van der Waals surface area contributed by atoms with E-state index in [2.05, 4.69) is 20.8 Å². The molecule has 1 N–H and O–H groups in total. The molecular formula is C15H20O4. The van der Waals surface area contributed by atoms with Gasteiger partial charge in [0.2, 0.25) is 5.79 Å². The highest BCUT2D eigenvalue weighted by molar-refractivity contribution is 6.06. The largest absolute Gasteiger partial charge is 0.360 e. The van der Waals surface area contributed by atoms with Crippen LogP contribution < -0.4 is 0 Å². The summed E-state index contributed by atoms with van der Waals surface area (Å²) in [5.41, 5.74) is 1.00. The minimum atomic E-state index is -1.46. The quantitative estimate of drug-likeness (QED) is 0.737. The van der Waals surface area contributed by atoms with Crippen molar-refractivity contribution in [1.82, 2.24) is 0 Å². The summed E-state index contributed by atoms with van der Waals surface area (Å²) >= 11 is 0. The predicted octanol–water partition coefficient (Wildman–Crippen LogP) is 2.14. The van der Waals surface area contributed by atoms with Gasteiger partial charge in [-0.2, -0.15) is 4.89 Å². The zero-order chi connectivity index (χ0) is 13.8. The van der Waals surface area contributed by atoms with E-state index < -0.39 is 5.79 Å². The van der Waals surface area contributed by atoms with Gasteiger partial charge in [0.25, 0.3) is 0 Å². The zero-order valence-corrected chi connectivity index (χ0v) is 11.6. The Bertz CT molecular complexity index is 490. The second-order valence-corrected chi connectivity index (χ2v) is 6.40. The van der Waals surface area contributed by atoms with Gasteiger partial charge in [-0.25, -0.2) is 4.89 Å². The number of rotatable bonds is 1. The van der Waals surface area contributed by atoms with Gasteiger partial charge >= 0.3 is 0 Å².